The molecule has 3 rings (SSSR count). The number of rotatable bonds is 4. The number of fused-ring (bicyclic) bond motifs is 1. The predicted molar refractivity (Wildman–Crippen MR) is 105 cm³/mol. The zero-order valence-corrected chi connectivity index (χ0v) is 14.5. The minimum atomic E-state index is -0.357. The molecule has 0 spiro atoms. The Morgan fingerprint density at radius 3 is 2.50 bits per heavy atom. The fourth-order valence-corrected chi connectivity index (χ4v) is 2.59. The normalized spacial score (nSPS) is 9.96. The molecule has 1 amide bonds. The lowest BCUT2D eigenvalue weighted by atomic mass is 10.1. The van der Waals surface area contributed by atoms with Gasteiger partial charge in [-0.3, -0.25) is 10.1 Å². The van der Waals surface area contributed by atoms with Gasteiger partial charge in [-0.1, -0.05) is 30.3 Å². The quantitative estimate of drug-likeness (QED) is 0.695. The number of amides is 1. The van der Waals surface area contributed by atoms with Crippen molar-refractivity contribution in [1.29, 1.82) is 5.26 Å². The number of thiocarbonyl (C=S) groups is 1. The third-order valence-electron chi connectivity index (χ3n) is 3.62. The van der Waals surface area contributed by atoms with Crippen molar-refractivity contribution in [3.8, 4) is 11.8 Å². The fourth-order valence-electron chi connectivity index (χ4n) is 2.36. The highest BCUT2D eigenvalue weighted by molar-refractivity contribution is 7.80. The number of ether oxygens (including phenoxy) is 1. The second-order valence-electron chi connectivity index (χ2n) is 5.49. The van der Waals surface area contributed by atoms with Crippen LogP contribution < -0.4 is 15.4 Å². The van der Waals surface area contributed by atoms with Crippen molar-refractivity contribution < 1.29 is 9.53 Å². The van der Waals surface area contributed by atoms with Crippen LogP contribution in [-0.2, 0) is 4.79 Å². The first-order valence-corrected chi connectivity index (χ1v) is 8.27. The number of nitriles is 1. The molecule has 0 radical (unpaired) electrons. The van der Waals surface area contributed by atoms with Crippen LogP contribution in [0, 0.1) is 11.3 Å². The molecule has 0 aromatic heterocycles. The third kappa shape index (κ3) is 4.56. The standard InChI is InChI=1S/C20H15N3O2S/c21-12-14-5-8-17(9-6-14)22-20(26)23-19(24)13-25-18-10-7-15-3-1-2-4-16(15)11-18/h1-11H,13H2,(H2,22,23,24,26). The summed E-state index contributed by atoms with van der Waals surface area (Å²) in [5.74, 6) is 0.258. The van der Waals surface area contributed by atoms with Crippen molar-refractivity contribution in [2.24, 2.45) is 0 Å². The van der Waals surface area contributed by atoms with Crippen LogP contribution in [0.4, 0.5) is 5.69 Å². The monoisotopic (exact) mass is 361 g/mol. The molecule has 0 saturated heterocycles. The van der Waals surface area contributed by atoms with Crippen molar-refractivity contribution in [2.45, 2.75) is 0 Å². The first-order chi connectivity index (χ1) is 12.6. The SMILES string of the molecule is N#Cc1ccc(NC(=S)NC(=O)COc2ccc3ccccc3c2)cc1. The van der Waals surface area contributed by atoms with Crippen LogP contribution in [0.3, 0.4) is 0 Å². The number of nitrogens with zero attached hydrogens (tertiary/aromatic N) is 1. The number of carbonyl (C=O) groups is 1. The van der Waals surface area contributed by atoms with Crippen LogP contribution in [-0.4, -0.2) is 17.6 Å². The molecule has 0 heterocycles. The molecule has 0 unspecified atom stereocenters. The Balaban J connectivity index is 1.51. The van der Waals surface area contributed by atoms with Gasteiger partial charge in [-0.05, 0) is 59.4 Å². The molecule has 3 aromatic carbocycles. The average Bonchev–Trinajstić information content (AvgIpc) is 2.66. The Morgan fingerprint density at radius 2 is 1.77 bits per heavy atom. The first kappa shape index (κ1) is 17.4. The molecule has 0 aliphatic heterocycles. The van der Waals surface area contributed by atoms with E-state index in [2.05, 4.69) is 10.6 Å². The van der Waals surface area contributed by atoms with E-state index in [1.165, 1.54) is 0 Å². The third-order valence-corrected chi connectivity index (χ3v) is 3.82. The Morgan fingerprint density at radius 1 is 1.04 bits per heavy atom. The van der Waals surface area contributed by atoms with Gasteiger partial charge in [0.05, 0.1) is 11.6 Å². The molecule has 0 bridgehead atoms. The van der Waals surface area contributed by atoms with Gasteiger partial charge in [-0.15, -0.1) is 0 Å². The summed E-state index contributed by atoms with van der Waals surface area (Å²) in [6.45, 7) is -0.145. The van der Waals surface area contributed by atoms with Gasteiger partial charge in [0.15, 0.2) is 11.7 Å². The lowest BCUT2D eigenvalue weighted by molar-refractivity contribution is -0.121. The highest BCUT2D eigenvalue weighted by atomic mass is 32.1. The number of hydrogen-bond acceptors (Lipinski definition) is 4. The van der Waals surface area contributed by atoms with E-state index in [0.29, 0.717) is 17.0 Å². The fraction of sp³-hybridized carbons (Fsp3) is 0.0500. The molecule has 6 heteroatoms. The predicted octanol–water partition coefficient (Wildman–Crippen LogP) is 3.60. The molecule has 0 aliphatic carbocycles. The zero-order chi connectivity index (χ0) is 18.4. The Bertz CT molecular complexity index is 994. The van der Waals surface area contributed by atoms with Gasteiger partial charge in [-0.25, -0.2) is 0 Å². The Labute approximate surface area is 156 Å². The first-order valence-electron chi connectivity index (χ1n) is 7.86. The minimum absolute atomic E-state index is 0.145. The van der Waals surface area contributed by atoms with Crippen molar-refractivity contribution in [3.63, 3.8) is 0 Å². The van der Waals surface area contributed by atoms with Crippen LogP contribution >= 0.6 is 12.2 Å². The van der Waals surface area contributed by atoms with Crippen LogP contribution in [0.1, 0.15) is 5.56 Å². The molecule has 2 N–H and O–H groups in total. The molecule has 0 fully saturated rings. The Hall–Kier alpha value is -3.43. The molecule has 5 nitrogen and oxygen atoms in total. The highest BCUT2D eigenvalue weighted by Gasteiger charge is 2.07. The van der Waals surface area contributed by atoms with Gasteiger partial charge in [0, 0.05) is 5.69 Å². The summed E-state index contributed by atoms with van der Waals surface area (Å²) in [7, 11) is 0. The van der Waals surface area contributed by atoms with Crippen LogP contribution in [0.25, 0.3) is 10.8 Å². The molecule has 0 atom stereocenters. The topological polar surface area (TPSA) is 74.2 Å². The largest absolute Gasteiger partial charge is 0.484 e. The van der Waals surface area contributed by atoms with E-state index in [9.17, 15) is 4.79 Å². The zero-order valence-electron chi connectivity index (χ0n) is 13.7. The smallest absolute Gasteiger partial charge is 0.264 e. The summed E-state index contributed by atoms with van der Waals surface area (Å²) in [6, 6.07) is 22.4. The molecule has 26 heavy (non-hydrogen) atoms. The number of nitrogens with one attached hydrogen (secondary N) is 2. The van der Waals surface area contributed by atoms with E-state index >= 15 is 0 Å². The van der Waals surface area contributed by atoms with Gasteiger partial charge in [0.2, 0.25) is 0 Å². The van der Waals surface area contributed by atoms with E-state index in [1.807, 2.05) is 48.5 Å². The Kier molecular flexibility index (Phi) is 5.42. The highest BCUT2D eigenvalue weighted by Crippen LogP contribution is 2.20. The van der Waals surface area contributed by atoms with E-state index in [-0.39, 0.29) is 17.6 Å². The molecule has 0 saturated carbocycles. The summed E-state index contributed by atoms with van der Waals surface area (Å²) in [5.41, 5.74) is 1.24. The van der Waals surface area contributed by atoms with Crippen molar-refractivity contribution in [1.82, 2.24) is 5.32 Å². The van der Waals surface area contributed by atoms with E-state index < -0.39 is 0 Å². The average molecular weight is 361 g/mol. The van der Waals surface area contributed by atoms with E-state index in [1.54, 1.807) is 24.3 Å². The van der Waals surface area contributed by atoms with Gasteiger partial charge >= 0.3 is 0 Å². The number of carbonyl (C=O) groups excluding carboxylic acids is 1. The van der Waals surface area contributed by atoms with Crippen molar-refractivity contribution >= 4 is 39.7 Å². The van der Waals surface area contributed by atoms with Gasteiger partial charge in [0.25, 0.3) is 5.91 Å². The number of anilines is 1. The maximum atomic E-state index is 12.0. The summed E-state index contributed by atoms with van der Waals surface area (Å²) >= 11 is 5.10. The number of benzene rings is 3. The minimum Gasteiger partial charge on any atom is -0.484 e. The molecule has 3 aromatic rings. The molecular weight excluding hydrogens is 346 g/mol. The van der Waals surface area contributed by atoms with Crippen LogP contribution in [0.15, 0.2) is 66.7 Å². The van der Waals surface area contributed by atoms with Crippen LogP contribution in [0.2, 0.25) is 0 Å². The second kappa shape index (κ2) is 8.10. The molecule has 128 valence electrons. The lowest BCUT2D eigenvalue weighted by Crippen LogP contribution is -2.37. The number of hydrogen-bond donors (Lipinski definition) is 2. The van der Waals surface area contributed by atoms with E-state index in [0.717, 1.165) is 10.8 Å². The molecule has 0 aliphatic rings. The van der Waals surface area contributed by atoms with Gasteiger partial charge < -0.3 is 10.1 Å². The van der Waals surface area contributed by atoms with Gasteiger partial charge in [-0.2, -0.15) is 5.26 Å². The van der Waals surface area contributed by atoms with Crippen molar-refractivity contribution in [3.05, 3.63) is 72.3 Å². The summed E-state index contributed by atoms with van der Waals surface area (Å²) in [5, 5.41) is 16.5. The summed E-state index contributed by atoms with van der Waals surface area (Å²) in [6.07, 6.45) is 0. The molecular formula is C20H15N3O2S. The van der Waals surface area contributed by atoms with Crippen LogP contribution in [0.5, 0.6) is 5.75 Å². The summed E-state index contributed by atoms with van der Waals surface area (Å²) < 4.78 is 5.52. The van der Waals surface area contributed by atoms with Gasteiger partial charge in [0.1, 0.15) is 5.75 Å². The lowest BCUT2D eigenvalue weighted by Gasteiger charge is -2.11. The maximum absolute atomic E-state index is 12.0. The van der Waals surface area contributed by atoms with Crippen molar-refractivity contribution in [2.75, 3.05) is 11.9 Å². The van der Waals surface area contributed by atoms with E-state index in [4.69, 9.17) is 22.2 Å². The second-order valence-corrected chi connectivity index (χ2v) is 5.90. The maximum Gasteiger partial charge on any atom is 0.264 e. The summed E-state index contributed by atoms with van der Waals surface area (Å²) in [4.78, 5) is 12.0.